The zero-order valence-electron chi connectivity index (χ0n) is 25.7. The topological polar surface area (TPSA) is 113 Å². The van der Waals surface area contributed by atoms with E-state index in [0.717, 1.165) is 26.2 Å². The van der Waals surface area contributed by atoms with Crippen LogP contribution in [-0.4, -0.2) is 93.8 Å². The fourth-order valence-electron chi connectivity index (χ4n) is 4.50. The SMILES string of the molecule is CCO.COC(=O)C1CCN(Cc2ccccc2)CC1=O.COC(=O)C1CCN(Cc2ccccc2)CC1=O.[B].[H-].[Na+]. The Kier molecular flexibility index (Phi) is 20.2. The Morgan fingerprint density at radius 1 is 0.780 bits per heavy atom. The minimum absolute atomic E-state index is 0. The van der Waals surface area contributed by atoms with Gasteiger partial charge in [-0.15, -0.1) is 0 Å². The fraction of sp³-hybridized carbons (Fsp3) is 0.467. The number of likely N-dealkylation sites (tertiary alicyclic amines) is 2. The number of ether oxygens (including phenoxy) is 2. The predicted octanol–water partition coefficient (Wildman–Crippen LogP) is -0.764. The number of methoxy groups -OCH3 is 2. The molecular weight excluding hydrogens is 534 g/mol. The fourth-order valence-corrected chi connectivity index (χ4v) is 4.50. The number of carbonyl (C=O) groups is 4. The smallest absolute Gasteiger partial charge is 1.00 e. The Morgan fingerprint density at radius 2 is 1.10 bits per heavy atom. The molecule has 2 unspecified atom stereocenters. The van der Waals surface area contributed by atoms with Crippen molar-refractivity contribution < 1.29 is 64.7 Å². The summed E-state index contributed by atoms with van der Waals surface area (Å²) >= 11 is 0. The van der Waals surface area contributed by atoms with Gasteiger partial charge in [-0.25, -0.2) is 0 Å². The summed E-state index contributed by atoms with van der Waals surface area (Å²) in [6, 6.07) is 20.0. The van der Waals surface area contributed by atoms with Gasteiger partial charge in [0.1, 0.15) is 11.8 Å². The molecule has 0 amide bonds. The number of ketones is 2. The van der Waals surface area contributed by atoms with E-state index in [-0.39, 0.29) is 57.6 Å². The van der Waals surface area contributed by atoms with Crippen LogP contribution in [0.5, 0.6) is 0 Å². The van der Waals surface area contributed by atoms with E-state index in [1.54, 1.807) is 6.92 Å². The Balaban J connectivity index is 0. The molecule has 11 heteroatoms. The Bertz CT molecular complexity index is 983. The summed E-state index contributed by atoms with van der Waals surface area (Å²) in [6.45, 7) is 5.59. The van der Waals surface area contributed by atoms with Crippen LogP contribution in [0.15, 0.2) is 60.7 Å². The molecule has 2 aliphatic heterocycles. The number of nitrogens with zero attached hydrogens (tertiary/aromatic N) is 2. The summed E-state index contributed by atoms with van der Waals surface area (Å²) in [5.74, 6) is -2.02. The molecule has 0 saturated carbocycles. The third-order valence-electron chi connectivity index (χ3n) is 6.47. The summed E-state index contributed by atoms with van der Waals surface area (Å²) in [5, 5.41) is 7.57. The zero-order valence-corrected chi connectivity index (χ0v) is 26.7. The molecule has 2 fully saturated rings. The number of piperidine rings is 2. The van der Waals surface area contributed by atoms with Crippen LogP contribution in [0.2, 0.25) is 0 Å². The Labute approximate surface area is 268 Å². The maximum Gasteiger partial charge on any atom is 1.00 e. The molecule has 2 aromatic carbocycles. The van der Waals surface area contributed by atoms with Gasteiger partial charge in [0.05, 0.1) is 27.3 Å². The van der Waals surface area contributed by atoms with E-state index < -0.39 is 23.8 Å². The summed E-state index contributed by atoms with van der Waals surface area (Å²) in [4.78, 5) is 50.6. The van der Waals surface area contributed by atoms with Gasteiger partial charge in [0.25, 0.3) is 0 Å². The summed E-state index contributed by atoms with van der Waals surface area (Å²) in [5.41, 5.74) is 2.36. The standard InChI is InChI=1S/2C14H17NO3.C2H6O.B.Na.H/c2*1-18-14(17)12-7-8-15(10-13(12)16)9-11-5-3-2-4-6-11;1-2-3;;;/h2*2-6,12H,7-10H2,1H3;3H,2H2,1H3;;;/q;;;;+1;-1. The molecule has 2 aromatic rings. The summed E-state index contributed by atoms with van der Waals surface area (Å²) in [7, 11) is 2.65. The molecule has 217 valence electrons. The maximum absolute atomic E-state index is 11.9. The van der Waals surface area contributed by atoms with Crippen LogP contribution in [0.3, 0.4) is 0 Å². The molecule has 3 radical (unpaired) electrons. The molecule has 0 aliphatic carbocycles. The van der Waals surface area contributed by atoms with Gasteiger partial charge in [-0.2, -0.15) is 0 Å². The monoisotopic (exact) mass is 575 g/mol. The van der Waals surface area contributed by atoms with Crippen molar-refractivity contribution in [1.82, 2.24) is 9.80 Å². The van der Waals surface area contributed by atoms with Crippen LogP contribution in [0, 0.1) is 11.8 Å². The van der Waals surface area contributed by atoms with Crippen molar-refractivity contribution in [3.05, 3.63) is 71.8 Å². The van der Waals surface area contributed by atoms with Crippen molar-refractivity contribution in [3.63, 3.8) is 0 Å². The molecule has 2 heterocycles. The van der Waals surface area contributed by atoms with Crippen molar-refractivity contribution in [2.45, 2.75) is 32.9 Å². The predicted molar refractivity (Wildman–Crippen MR) is 153 cm³/mol. The first kappa shape index (κ1) is 38.7. The number of hydrogen-bond acceptors (Lipinski definition) is 9. The molecule has 0 bridgehead atoms. The Hall–Kier alpha value is -2.34. The number of benzene rings is 2. The number of rotatable bonds is 6. The number of hydrogen-bond donors (Lipinski definition) is 1. The summed E-state index contributed by atoms with van der Waals surface area (Å²) < 4.78 is 9.27. The molecule has 0 spiro atoms. The molecule has 4 rings (SSSR count). The van der Waals surface area contributed by atoms with Crippen LogP contribution in [0.4, 0.5) is 0 Å². The van der Waals surface area contributed by atoms with Crippen molar-refractivity contribution in [2.24, 2.45) is 11.8 Å². The van der Waals surface area contributed by atoms with Crippen molar-refractivity contribution in [1.29, 1.82) is 0 Å². The largest absolute Gasteiger partial charge is 1.00 e. The van der Waals surface area contributed by atoms with E-state index in [1.807, 2.05) is 60.7 Å². The van der Waals surface area contributed by atoms with Gasteiger partial charge in [0.15, 0.2) is 11.6 Å². The van der Waals surface area contributed by atoms with Gasteiger partial charge in [-0.1, -0.05) is 60.7 Å². The van der Waals surface area contributed by atoms with Crippen molar-refractivity contribution in [3.8, 4) is 0 Å². The zero-order chi connectivity index (χ0) is 28.6. The second-order valence-corrected chi connectivity index (χ2v) is 9.37. The first-order valence-electron chi connectivity index (χ1n) is 13.2. The van der Waals surface area contributed by atoms with Crippen LogP contribution in [0.25, 0.3) is 0 Å². The molecule has 0 aromatic heterocycles. The maximum atomic E-state index is 11.9. The van der Waals surface area contributed by atoms with Crippen molar-refractivity contribution >= 4 is 31.9 Å². The molecule has 1 N–H and O–H groups in total. The molecule has 2 atom stereocenters. The van der Waals surface area contributed by atoms with Gasteiger partial charge >= 0.3 is 41.5 Å². The number of Topliss-reactive ketones (excluding diaryl/α,β-unsaturated/α-hetero) is 2. The number of esters is 2. The van der Waals surface area contributed by atoms with Gasteiger partial charge in [0, 0.05) is 41.2 Å². The molecule has 2 aliphatic rings. The van der Waals surface area contributed by atoms with E-state index in [0.29, 0.717) is 25.9 Å². The minimum Gasteiger partial charge on any atom is -1.00 e. The molecular formula is C30H41BN2NaO7. The molecule has 41 heavy (non-hydrogen) atoms. The Morgan fingerprint density at radius 3 is 1.37 bits per heavy atom. The normalized spacial score (nSPS) is 18.6. The van der Waals surface area contributed by atoms with E-state index in [4.69, 9.17) is 5.11 Å². The second kappa shape index (κ2) is 21.4. The minimum atomic E-state index is -0.568. The first-order valence-corrected chi connectivity index (χ1v) is 13.2. The third-order valence-corrected chi connectivity index (χ3v) is 6.47. The van der Waals surface area contributed by atoms with E-state index in [2.05, 4.69) is 19.3 Å². The second-order valence-electron chi connectivity index (χ2n) is 9.37. The van der Waals surface area contributed by atoms with Gasteiger partial charge < -0.3 is 16.0 Å². The number of carbonyl (C=O) groups excluding carboxylic acids is 4. The van der Waals surface area contributed by atoms with Crippen molar-refractivity contribution in [2.75, 3.05) is 47.0 Å². The average molecular weight is 575 g/mol. The molecule has 2 saturated heterocycles. The quantitative estimate of drug-likeness (QED) is 0.270. The number of aliphatic hydroxyl groups is 1. The van der Waals surface area contributed by atoms with Gasteiger partial charge in [-0.05, 0) is 30.9 Å². The van der Waals surface area contributed by atoms with Crippen LogP contribution < -0.4 is 29.6 Å². The third kappa shape index (κ3) is 13.5. The molecule has 9 nitrogen and oxygen atoms in total. The van der Waals surface area contributed by atoms with E-state index in [1.165, 1.54) is 25.3 Å². The van der Waals surface area contributed by atoms with Crippen LogP contribution in [0.1, 0.15) is 32.3 Å². The summed E-state index contributed by atoms with van der Waals surface area (Å²) in [6.07, 6.45) is 1.11. The van der Waals surface area contributed by atoms with Gasteiger partial charge in [-0.3, -0.25) is 29.0 Å². The van der Waals surface area contributed by atoms with E-state index >= 15 is 0 Å². The number of aliphatic hydroxyl groups excluding tert-OH is 1. The first-order chi connectivity index (χ1) is 18.8. The van der Waals surface area contributed by atoms with Gasteiger partial charge in [0.2, 0.25) is 0 Å². The van der Waals surface area contributed by atoms with Crippen LogP contribution in [-0.2, 0) is 41.7 Å². The average Bonchev–Trinajstić information content (AvgIpc) is 2.94. The van der Waals surface area contributed by atoms with Crippen LogP contribution >= 0.6 is 0 Å². The van der Waals surface area contributed by atoms with E-state index in [9.17, 15) is 19.2 Å².